The highest BCUT2D eigenvalue weighted by molar-refractivity contribution is 5.43. The highest BCUT2D eigenvalue weighted by Crippen LogP contribution is 2.13. The van der Waals surface area contributed by atoms with Gasteiger partial charge in [-0.25, -0.2) is 8.78 Å². The highest BCUT2D eigenvalue weighted by Gasteiger charge is 2.03. The number of hydrogen-bond donors (Lipinski definition) is 2. The molecule has 0 heterocycles. The van der Waals surface area contributed by atoms with Gasteiger partial charge in [0.25, 0.3) is 0 Å². The molecule has 0 amide bonds. The molecular formula is C10H14F2N2. The van der Waals surface area contributed by atoms with E-state index in [-0.39, 0.29) is 0 Å². The number of benzene rings is 1. The molecule has 1 rings (SSSR count). The molecule has 0 fully saturated rings. The number of anilines is 1. The predicted octanol–water partition coefficient (Wildman–Crippen LogP) is 1.97. The molecule has 1 atom stereocenters. The van der Waals surface area contributed by atoms with E-state index in [1.807, 2.05) is 6.92 Å². The Morgan fingerprint density at radius 1 is 1.36 bits per heavy atom. The molecule has 0 aliphatic heterocycles. The van der Waals surface area contributed by atoms with Crippen molar-refractivity contribution >= 4 is 5.69 Å². The third-order valence-electron chi connectivity index (χ3n) is 1.98. The van der Waals surface area contributed by atoms with Gasteiger partial charge in [0, 0.05) is 12.2 Å². The van der Waals surface area contributed by atoms with Gasteiger partial charge in [-0.3, -0.25) is 0 Å². The molecule has 1 aromatic rings. The van der Waals surface area contributed by atoms with Crippen LogP contribution in [0.2, 0.25) is 0 Å². The van der Waals surface area contributed by atoms with Crippen LogP contribution in [0.25, 0.3) is 0 Å². The summed E-state index contributed by atoms with van der Waals surface area (Å²) < 4.78 is 25.3. The van der Waals surface area contributed by atoms with Crippen molar-refractivity contribution in [3.63, 3.8) is 0 Å². The van der Waals surface area contributed by atoms with E-state index < -0.39 is 11.6 Å². The lowest BCUT2D eigenvalue weighted by atomic mass is 10.2. The second-order valence-corrected chi connectivity index (χ2v) is 3.35. The van der Waals surface area contributed by atoms with Crippen molar-refractivity contribution in [1.82, 2.24) is 0 Å². The summed E-state index contributed by atoms with van der Waals surface area (Å²) in [5.41, 5.74) is 5.99. The van der Waals surface area contributed by atoms with Crippen molar-refractivity contribution in [2.24, 2.45) is 11.7 Å². The Morgan fingerprint density at radius 3 is 2.64 bits per heavy atom. The Balaban J connectivity index is 2.55. The maximum absolute atomic E-state index is 12.7. The van der Waals surface area contributed by atoms with Crippen molar-refractivity contribution in [2.45, 2.75) is 6.92 Å². The molecule has 0 saturated heterocycles. The SMILES string of the molecule is CC(CN)CNc1ccc(F)c(F)c1. The van der Waals surface area contributed by atoms with Crippen LogP contribution in [0.4, 0.5) is 14.5 Å². The van der Waals surface area contributed by atoms with Crippen molar-refractivity contribution < 1.29 is 8.78 Å². The third-order valence-corrected chi connectivity index (χ3v) is 1.98. The Labute approximate surface area is 82.1 Å². The Morgan fingerprint density at radius 2 is 2.07 bits per heavy atom. The lowest BCUT2D eigenvalue weighted by molar-refractivity contribution is 0.509. The number of hydrogen-bond acceptors (Lipinski definition) is 2. The fourth-order valence-corrected chi connectivity index (χ4v) is 0.982. The van der Waals surface area contributed by atoms with Crippen LogP contribution in [0.15, 0.2) is 18.2 Å². The standard InChI is InChI=1S/C10H14F2N2/c1-7(5-13)6-14-8-2-3-9(11)10(12)4-8/h2-4,7,14H,5-6,13H2,1H3. The Kier molecular flexibility index (Phi) is 3.83. The molecule has 1 unspecified atom stereocenters. The zero-order valence-corrected chi connectivity index (χ0v) is 8.06. The van der Waals surface area contributed by atoms with Crippen LogP contribution in [0.3, 0.4) is 0 Å². The third kappa shape index (κ3) is 2.96. The first kappa shape index (κ1) is 10.9. The number of nitrogens with two attached hydrogens (primary N) is 1. The molecule has 14 heavy (non-hydrogen) atoms. The van der Waals surface area contributed by atoms with Crippen LogP contribution in [0.5, 0.6) is 0 Å². The van der Waals surface area contributed by atoms with E-state index in [1.165, 1.54) is 6.07 Å². The van der Waals surface area contributed by atoms with E-state index >= 15 is 0 Å². The van der Waals surface area contributed by atoms with E-state index in [2.05, 4.69) is 5.32 Å². The molecule has 2 nitrogen and oxygen atoms in total. The maximum Gasteiger partial charge on any atom is 0.160 e. The van der Waals surface area contributed by atoms with Gasteiger partial charge >= 0.3 is 0 Å². The molecule has 0 spiro atoms. The van der Waals surface area contributed by atoms with E-state index in [0.717, 1.165) is 12.1 Å². The van der Waals surface area contributed by atoms with Gasteiger partial charge in [0.05, 0.1) is 0 Å². The second kappa shape index (κ2) is 4.91. The number of nitrogens with one attached hydrogen (secondary N) is 1. The van der Waals surface area contributed by atoms with Gasteiger partial charge in [-0.2, -0.15) is 0 Å². The van der Waals surface area contributed by atoms with Crippen LogP contribution in [-0.4, -0.2) is 13.1 Å². The summed E-state index contributed by atoms with van der Waals surface area (Å²) >= 11 is 0. The molecule has 0 aliphatic carbocycles. The summed E-state index contributed by atoms with van der Waals surface area (Å²) in [7, 11) is 0. The van der Waals surface area contributed by atoms with Gasteiger partial charge in [0.1, 0.15) is 0 Å². The second-order valence-electron chi connectivity index (χ2n) is 3.35. The van der Waals surface area contributed by atoms with E-state index in [4.69, 9.17) is 5.73 Å². The van der Waals surface area contributed by atoms with Gasteiger partial charge in [-0.05, 0) is 30.7 Å². The quantitative estimate of drug-likeness (QED) is 0.779. The average molecular weight is 200 g/mol. The number of halogens is 2. The maximum atomic E-state index is 12.7. The summed E-state index contributed by atoms with van der Waals surface area (Å²) in [6.07, 6.45) is 0. The summed E-state index contributed by atoms with van der Waals surface area (Å²) in [6, 6.07) is 3.74. The minimum Gasteiger partial charge on any atom is -0.385 e. The smallest absolute Gasteiger partial charge is 0.160 e. The summed E-state index contributed by atoms with van der Waals surface area (Å²) in [6.45, 7) is 3.20. The fraction of sp³-hybridized carbons (Fsp3) is 0.400. The summed E-state index contributed by atoms with van der Waals surface area (Å²) in [5.74, 6) is -1.36. The lowest BCUT2D eigenvalue weighted by Gasteiger charge is -2.11. The molecule has 0 radical (unpaired) electrons. The van der Waals surface area contributed by atoms with Crippen LogP contribution in [0.1, 0.15) is 6.92 Å². The van der Waals surface area contributed by atoms with Gasteiger partial charge in [-0.1, -0.05) is 6.92 Å². The topological polar surface area (TPSA) is 38.0 Å². The van der Waals surface area contributed by atoms with Gasteiger partial charge < -0.3 is 11.1 Å². The molecular weight excluding hydrogens is 186 g/mol. The van der Waals surface area contributed by atoms with Crippen LogP contribution >= 0.6 is 0 Å². The van der Waals surface area contributed by atoms with E-state index in [9.17, 15) is 8.78 Å². The highest BCUT2D eigenvalue weighted by atomic mass is 19.2. The van der Waals surface area contributed by atoms with Crippen LogP contribution in [-0.2, 0) is 0 Å². The first-order chi connectivity index (χ1) is 6.63. The average Bonchev–Trinajstić information content (AvgIpc) is 2.19. The predicted molar refractivity (Wildman–Crippen MR) is 53.1 cm³/mol. The van der Waals surface area contributed by atoms with Gasteiger partial charge in [0.2, 0.25) is 0 Å². The van der Waals surface area contributed by atoms with Crippen LogP contribution in [0, 0.1) is 17.6 Å². The molecule has 78 valence electrons. The van der Waals surface area contributed by atoms with Crippen molar-refractivity contribution in [1.29, 1.82) is 0 Å². The van der Waals surface area contributed by atoms with Gasteiger partial charge in [0.15, 0.2) is 11.6 Å². The van der Waals surface area contributed by atoms with E-state index in [1.54, 1.807) is 0 Å². The van der Waals surface area contributed by atoms with Gasteiger partial charge in [-0.15, -0.1) is 0 Å². The molecule has 0 aromatic heterocycles. The zero-order valence-electron chi connectivity index (χ0n) is 8.06. The normalized spacial score (nSPS) is 12.6. The Hall–Kier alpha value is -1.16. The minimum absolute atomic E-state index is 0.308. The molecule has 1 aromatic carbocycles. The van der Waals surface area contributed by atoms with Crippen molar-refractivity contribution in [3.8, 4) is 0 Å². The molecule has 0 saturated carbocycles. The van der Waals surface area contributed by atoms with Crippen LogP contribution < -0.4 is 11.1 Å². The summed E-state index contributed by atoms with van der Waals surface area (Å²) in [5, 5.41) is 2.98. The van der Waals surface area contributed by atoms with Crippen molar-refractivity contribution in [3.05, 3.63) is 29.8 Å². The monoisotopic (exact) mass is 200 g/mol. The Bertz CT molecular complexity index is 302. The number of rotatable bonds is 4. The molecule has 3 N–H and O–H groups in total. The molecule has 0 bridgehead atoms. The fourth-order valence-electron chi connectivity index (χ4n) is 0.982. The summed E-state index contributed by atoms with van der Waals surface area (Å²) in [4.78, 5) is 0. The van der Waals surface area contributed by atoms with E-state index in [0.29, 0.717) is 24.7 Å². The lowest BCUT2D eigenvalue weighted by Crippen LogP contribution is -2.19. The first-order valence-electron chi connectivity index (χ1n) is 4.52. The molecule has 0 aliphatic rings. The van der Waals surface area contributed by atoms with Crippen molar-refractivity contribution in [2.75, 3.05) is 18.4 Å². The largest absolute Gasteiger partial charge is 0.385 e. The first-order valence-corrected chi connectivity index (χ1v) is 4.52. The minimum atomic E-state index is -0.838. The zero-order chi connectivity index (χ0) is 10.6. The molecule has 4 heteroatoms.